The summed E-state index contributed by atoms with van der Waals surface area (Å²) in [6.07, 6.45) is 8.05. The lowest BCUT2D eigenvalue weighted by atomic mass is 9.95. The van der Waals surface area contributed by atoms with Gasteiger partial charge in [-0.15, -0.1) is 0 Å². The molecule has 1 rings (SSSR count). The van der Waals surface area contributed by atoms with E-state index in [0.29, 0.717) is 5.92 Å². The normalized spacial score (nSPS) is 30.6. The maximum Gasteiger partial charge on any atom is 0.140 e. The Bertz CT molecular complexity index is 175. The van der Waals surface area contributed by atoms with Gasteiger partial charge in [-0.3, -0.25) is 4.79 Å². The highest BCUT2D eigenvalue weighted by molar-refractivity contribution is 5.82. The Hall–Kier alpha value is -0.850. The van der Waals surface area contributed by atoms with Gasteiger partial charge in [-0.05, 0) is 12.8 Å². The Balaban J connectivity index is 2.62. The predicted molar refractivity (Wildman–Crippen MR) is 41.6 cm³/mol. The summed E-state index contributed by atoms with van der Waals surface area (Å²) in [5.41, 5.74) is 0. The number of hydrogen-bond acceptors (Lipinski definition) is 1. The fourth-order valence-electron chi connectivity index (χ4n) is 0.989. The van der Waals surface area contributed by atoms with E-state index in [2.05, 4.69) is 19.1 Å². The van der Waals surface area contributed by atoms with Gasteiger partial charge >= 0.3 is 0 Å². The number of carbonyl (C=O) groups excluding carboxylic acids is 1. The minimum atomic E-state index is 0.0381. The van der Waals surface area contributed by atoms with Gasteiger partial charge in [0.25, 0.3) is 0 Å². The highest BCUT2D eigenvalue weighted by Crippen LogP contribution is 2.13. The molecule has 0 aromatic rings. The third-order valence-corrected chi connectivity index (χ3v) is 1.71. The maximum absolute atomic E-state index is 10.8. The van der Waals surface area contributed by atoms with Gasteiger partial charge in [0, 0.05) is 0 Å². The molecule has 0 saturated carbocycles. The highest BCUT2D eigenvalue weighted by atomic mass is 16.1. The molecule has 0 radical (unpaired) electrons. The summed E-state index contributed by atoms with van der Waals surface area (Å²) in [5.74, 6) is 0.756. The van der Waals surface area contributed by atoms with Crippen molar-refractivity contribution < 1.29 is 4.79 Å². The van der Waals surface area contributed by atoms with Crippen molar-refractivity contribution in [2.24, 2.45) is 11.8 Å². The lowest BCUT2D eigenvalue weighted by Gasteiger charge is -2.09. The van der Waals surface area contributed by atoms with Crippen LogP contribution >= 0.6 is 0 Å². The lowest BCUT2D eigenvalue weighted by Crippen LogP contribution is -2.07. The first-order chi connectivity index (χ1) is 4.70. The standard InChI is InChI=1S/C9H12O/c1-7-3-5-9(6-4-7)8(2)10/h3-7,9H,1-2H3. The van der Waals surface area contributed by atoms with Crippen LogP contribution in [0.15, 0.2) is 24.3 Å². The molecule has 0 atom stereocenters. The van der Waals surface area contributed by atoms with Crippen LogP contribution in [0.25, 0.3) is 0 Å². The highest BCUT2D eigenvalue weighted by Gasteiger charge is 2.09. The van der Waals surface area contributed by atoms with Crippen molar-refractivity contribution in [3.8, 4) is 0 Å². The molecular formula is C9H12O. The summed E-state index contributed by atoms with van der Waals surface area (Å²) in [5, 5.41) is 0. The zero-order valence-electron chi connectivity index (χ0n) is 6.37. The molecule has 0 fully saturated rings. The molecule has 0 saturated heterocycles. The zero-order chi connectivity index (χ0) is 7.56. The van der Waals surface area contributed by atoms with Crippen LogP contribution in [0.1, 0.15) is 13.8 Å². The van der Waals surface area contributed by atoms with E-state index in [1.54, 1.807) is 6.92 Å². The smallest absolute Gasteiger partial charge is 0.140 e. The van der Waals surface area contributed by atoms with Crippen molar-refractivity contribution in [2.45, 2.75) is 13.8 Å². The minimum Gasteiger partial charge on any atom is -0.299 e. The van der Waals surface area contributed by atoms with Crippen molar-refractivity contribution in [3.05, 3.63) is 24.3 Å². The van der Waals surface area contributed by atoms with Gasteiger partial charge in [-0.25, -0.2) is 0 Å². The van der Waals surface area contributed by atoms with E-state index in [9.17, 15) is 4.79 Å². The molecule has 0 aliphatic heterocycles. The Morgan fingerprint density at radius 2 is 1.70 bits per heavy atom. The fourth-order valence-corrected chi connectivity index (χ4v) is 0.989. The van der Waals surface area contributed by atoms with Gasteiger partial charge in [-0.1, -0.05) is 31.2 Å². The number of rotatable bonds is 1. The minimum absolute atomic E-state index is 0.0381. The van der Waals surface area contributed by atoms with Crippen molar-refractivity contribution in [2.75, 3.05) is 0 Å². The van der Waals surface area contributed by atoms with Crippen LogP contribution in [0.4, 0.5) is 0 Å². The Kier molecular flexibility index (Phi) is 2.05. The van der Waals surface area contributed by atoms with Gasteiger partial charge in [0.1, 0.15) is 5.78 Å². The topological polar surface area (TPSA) is 17.1 Å². The molecular weight excluding hydrogens is 124 g/mol. The van der Waals surface area contributed by atoms with Gasteiger partial charge < -0.3 is 0 Å². The van der Waals surface area contributed by atoms with E-state index in [0.717, 1.165) is 0 Å². The quantitative estimate of drug-likeness (QED) is 0.503. The van der Waals surface area contributed by atoms with E-state index in [-0.39, 0.29) is 11.7 Å². The molecule has 54 valence electrons. The number of carbonyl (C=O) groups is 1. The second-order valence-electron chi connectivity index (χ2n) is 2.77. The van der Waals surface area contributed by atoms with E-state index in [1.165, 1.54) is 0 Å². The molecule has 1 nitrogen and oxygen atoms in total. The SMILES string of the molecule is CC(=O)C1C=CC(C)C=C1. The third-order valence-electron chi connectivity index (χ3n) is 1.71. The van der Waals surface area contributed by atoms with Gasteiger partial charge in [-0.2, -0.15) is 0 Å². The van der Waals surface area contributed by atoms with Gasteiger partial charge in [0.05, 0.1) is 5.92 Å². The third kappa shape index (κ3) is 1.56. The first-order valence-electron chi connectivity index (χ1n) is 3.57. The van der Waals surface area contributed by atoms with E-state index >= 15 is 0 Å². The van der Waals surface area contributed by atoms with Crippen LogP contribution in [0.3, 0.4) is 0 Å². The fraction of sp³-hybridized carbons (Fsp3) is 0.444. The molecule has 0 heterocycles. The molecule has 0 bridgehead atoms. The molecule has 0 spiro atoms. The summed E-state index contributed by atoms with van der Waals surface area (Å²) >= 11 is 0. The molecule has 1 aliphatic carbocycles. The molecule has 10 heavy (non-hydrogen) atoms. The second-order valence-corrected chi connectivity index (χ2v) is 2.77. The van der Waals surface area contributed by atoms with E-state index in [1.807, 2.05) is 12.2 Å². The van der Waals surface area contributed by atoms with Gasteiger partial charge in [0.15, 0.2) is 0 Å². The number of hydrogen-bond donors (Lipinski definition) is 0. The first-order valence-corrected chi connectivity index (χ1v) is 3.57. The summed E-state index contributed by atoms with van der Waals surface area (Å²) in [4.78, 5) is 10.8. The molecule has 0 aromatic heterocycles. The molecule has 0 unspecified atom stereocenters. The number of allylic oxidation sites excluding steroid dienone is 4. The van der Waals surface area contributed by atoms with Crippen LogP contribution in [0.2, 0.25) is 0 Å². The average molecular weight is 136 g/mol. The molecule has 0 aromatic carbocycles. The predicted octanol–water partition coefficient (Wildman–Crippen LogP) is 1.95. The number of ketones is 1. The van der Waals surface area contributed by atoms with E-state index < -0.39 is 0 Å². The van der Waals surface area contributed by atoms with Crippen LogP contribution in [-0.2, 0) is 4.79 Å². The Labute approximate surface area is 61.4 Å². The van der Waals surface area contributed by atoms with E-state index in [4.69, 9.17) is 0 Å². The Morgan fingerprint density at radius 3 is 2.10 bits per heavy atom. The summed E-state index contributed by atoms with van der Waals surface area (Å²) in [6.45, 7) is 3.72. The van der Waals surface area contributed by atoms with Crippen molar-refractivity contribution in [1.82, 2.24) is 0 Å². The van der Waals surface area contributed by atoms with Crippen LogP contribution in [0.5, 0.6) is 0 Å². The lowest BCUT2D eigenvalue weighted by molar-refractivity contribution is -0.118. The monoisotopic (exact) mass is 136 g/mol. The average Bonchev–Trinajstić information content (AvgIpc) is 1.88. The largest absolute Gasteiger partial charge is 0.299 e. The first kappa shape index (κ1) is 7.26. The molecule has 0 amide bonds. The van der Waals surface area contributed by atoms with Crippen LogP contribution in [-0.4, -0.2) is 5.78 Å². The second kappa shape index (κ2) is 2.82. The molecule has 1 aliphatic rings. The number of Topliss-reactive ketones (excluding diaryl/α,β-unsaturated/α-hetero) is 1. The van der Waals surface area contributed by atoms with Crippen molar-refractivity contribution >= 4 is 5.78 Å². The molecule has 1 heteroatoms. The van der Waals surface area contributed by atoms with Crippen molar-refractivity contribution in [1.29, 1.82) is 0 Å². The summed E-state index contributed by atoms with van der Waals surface area (Å²) < 4.78 is 0. The van der Waals surface area contributed by atoms with Crippen molar-refractivity contribution in [3.63, 3.8) is 0 Å². The van der Waals surface area contributed by atoms with Crippen LogP contribution in [0, 0.1) is 11.8 Å². The Morgan fingerprint density at radius 1 is 1.20 bits per heavy atom. The maximum atomic E-state index is 10.8. The zero-order valence-corrected chi connectivity index (χ0v) is 6.37. The van der Waals surface area contributed by atoms with Crippen LogP contribution < -0.4 is 0 Å². The molecule has 0 N–H and O–H groups in total. The van der Waals surface area contributed by atoms with Gasteiger partial charge in [0.2, 0.25) is 0 Å². The summed E-state index contributed by atoms with van der Waals surface area (Å²) in [6, 6.07) is 0. The summed E-state index contributed by atoms with van der Waals surface area (Å²) in [7, 11) is 0.